The second-order valence-electron chi connectivity index (χ2n) is 6.08. The van der Waals surface area contributed by atoms with Crippen molar-refractivity contribution in [1.29, 1.82) is 0 Å². The third-order valence-corrected chi connectivity index (χ3v) is 3.78. The highest BCUT2D eigenvalue weighted by atomic mass is 35.5. The molecule has 0 spiro atoms. The molecule has 0 saturated carbocycles. The maximum absolute atomic E-state index is 6.12. The lowest BCUT2D eigenvalue weighted by Gasteiger charge is -2.17. The van der Waals surface area contributed by atoms with Gasteiger partial charge in [0, 0.05) is 6.54 Å². The fourth-order valence-corrected chi connectivity index (χ4v) is 2.79. The van der Waals surface area contributed by atoms with Crippen LogP contribution in [0.4, 0.5) is 0 Å². The van der Waals surface area contributed by atoms with Gasteiger partial charge in [0.2, 0.25) is 0 Å². The topological polar surface area (TPSA) is 27.1 Å². The Morgan fingerprint density at radius 2 is 1.96 bits per heavy atom. The van der Waals surface area contributed by atoms with E-state index in [9.17, 15) is 0 Å². The summed E-state index contributed by atoms with van der Waals surface area (Å²) in [4.78, 5) is 4.78. The molecule has 0 radical (unpaired) electrons. The minimum atomic E-state index is -0.136. The summed E-state index contributed by atoms with van der Waals surface area (Å²) in [5, 5.41) is 0. The van der Waals surface area contributed by atoms with E-state index < -0.39 is 0 Å². The van der Waals surface area contributed by atoms with E-state index in [1.165, 1.54) is 5.56 Å². The molecule has 3 aromatic rings. The van der Waals surface area contributed by atoms with Gasteiger partial charge in [0.25, 0.3) is 0 Å². The second kappa shape index (κ2) is 7.54. The van der Waals surface area contributed by atoms with Crippen molar-refractivity contribution in [3.05, 3.63) is 72.1 Å². The monoisotopic (exact) mass is 342 g/mol. The Hall–Kier alpha value is -2.26. The van der Waals surface area contributed by atoms with Crippen molar-refractivity contribution in [1.82, 2.24) is 9.55 Å². The van der Waals surface area contributed by atoms with E-state index in [1.807, 2.05) is 50.2 Å². The number of nitrogens with zero attached hydrogens (tertiary/aromatic N) is 2. The quantitative estimate of drug-likeness (QED) is 0.574. The molecule has 0 bridgehead atoms. The van der Waals surface area contributed by atoms with E-state index >= 15 is 0 Å². The van der Waals surface area contributed by atoms with Gasteiger partial charge < -0.3 is 9.30 Å². The molecule has 24 heavy (non-hydrogen) atoms. The third kappa shape index (κ3) is 3.80. The van der Waals surface area contributed by atoms with Crippen molar-refractivity contribution in [2.24, 2.45) is 0 Å². The predicted octanol–water partition coefficient (Wildman–Crippen LogP) is 5.48. The first-order valence-corrected chi connectivity index (χ1v) is 7.87. The SMILES string of the molecule is C=C(C)Cn1c(C(C)Oc2cccc(C)c2)nc2ccccc21.Cl. The lowest BCUT2D eigenvalue weighted by molar-refractivity contribution is 0.212. The fraction of sp³-hybridized carbons (Fsp3) is 0.250. The summed E-state index contributed by atoms with van der Waals surface area (Å²) in [7, 11) is 0. The lowest BCUT2D eigenvalue weighted by Crippen LogP contribution is -2.12. The maximum Gasteiger partial charge on any atom is 0.153 e. The van der Waals surface area contributed by atoms with Crippen LogP contribution in [-0.4, -0.2) is 9.55 Å². The molecule has 3 nitrogen and oxygen atoms in total. The van der Waals surface area contributed by atoms with Gasteiger partial charge in [-0.2, -0.15) is 0 Å². The smallest absolute Gasteiger partial charge is 0.153 e. The van der Waals surface area contributed by atoms with E-state index in [0.29, 0.717) is 0 Å². The molecule has 126 valence electrons. The number of imidazole rings is 1. The molecular formula is C20H23ClN2O. The Kier molecular flexibility index (Phi) is 5.68. The number of hydrogen-bond donors (Lipinski definition) is 0. The number of allylic oxidation sites excluding steroid dienone is 1. The van der Waals surface area contributed by atoms with Crippen LogP contribution in [0.1, 0.15) is 31.3 Å². The number of ether oxygens (including phenoxy) is 1. The number of fused-ring (bicyclic) bond motifs is 1. The third-order valence-electron chi connectivity index (χ3n) is 3.78. The first kappa shape index (κ1) is 18.1. The van der Waals surface area contributed by atoms with Crippen molar-refractivity contribution in [3.63, 3.8) is 0 Å². The van der Waals surface area contributed by atoms with Crippen LogP contribution < -0.4 is 4.74 Å². The Labute approximate surface area is 149 Å². The predicted molar refractivity (Wildman–Crippen MR) is 102 cm³/mol. The van der Waals surface area contributed by atoms with Crippen LogP contribution in [0, 0.1) is 6.92 Å². The van der Waals surface area contributed by atoms with Crippen LogP contribution in [0.3, 0.4) is 0 Å². The molecule has 1 heterocycles. The zero-order valence-corrected chi connectivity index (χ0v) is 15.1. The van der Waals surface area contributed by atoms with Crippen molar-refractivity contribution in [2.75, 3.05) is 0 Å². The number of aromatic nitrogens is 2. The summed E-state index contributed by atoms with van der Waals surface area (Å²) >= 11 is 0. The maximum atomic E-state index is 6.12. The second-order valence-corrected chi connectivity index (χ2v) is 6.08. The van der Waals surface area contributed by atoms with Crippen molar-refractivity contribution in [2.45, 2.75) is 33.4 Å². The molecule has 4 heteroatoms. The van der Waals surface area contributed by atoms with E-state index in [2.05, 4.69) is 30.2 Å². The van der Waals surface area contributed by atoms with Crippen molar-refractivity contribution in [3.8, 4) is 5.75 Å². The first-order valence-electron chi connectivity index (χ1n) is 7.87. The fourth-order valence-electron chi connectivity index (χ4n) is 2.79. The highest BCUT2D eigenvalue weighted by molar-refractivity contribution is 5.85. The van der Waals surface area contributed by atoms with Gasteiger partial charge in [-0.3, -0.25) is 0 Å². The number of rotatable bonds is 5. The summed E-state index contributed by atoms with van der Waals surface area (Å²) in [5.41, 5.74) is 4.39. The number of aryl methyl sites for hydroxylation is 1. The number of benzene rings is 2. The van der Waals surface area contributed by atoms with E-state index in [4.69, 9.17) is 9.72 Å². The largest absolute Gasteiger partial charge is 0.483 e. The molecule has 1 unspecified atom stereocenters. The molecule has 1 aromatic heterocycles. The van der Waals surface area contributed by atoms with Gasteiger partial charge in [-0.1, -0.05) is 36.4 Å². The number of halogens is 1. The van der Waals surface area contributed by atoms with Crippen LogP contribution in [0.2, 0.25) is 0 Å². The van der Waals surface area contributed by atoms with Gasteiger partial charge in [0.15, 0.2) is 11.9 Å². The van der Waals surface area contributed by atoms with E-state index in [-0.39, 0.29) is 18.5 Å². The molecule has 0 fully saturated rings. The van der Waals surface area contributed by atoms with Crippen LogP contribution in [-0.2, 0) is 6.54 Å². The molecule has 3 rings (SSSR count). The summed E-state index contributed by atoms with van der Waals surface area (Å²) in [5.74, 6) is 1.79. The summed E-state index contributed by atoms with van der Waals surface area (Å²) in [6, 6.07) is 16.3. The minimum absolute atomic E-state index is 0. The number of para-hydroxylation sites is 2. The molecule has 0 aliphatic heterocycles. The molecule has 0 aliphatic rings. The van der Waals surface area contributed by atoms with Gasteiger partial charge in [-0.25, -0.2) is 4.98 Å². The molecule has 1 atom stereocenters. The first-order chi connectivity index (χ1) is 11.0. The molecule has 0 aliphatic carbocycles. The Bertz CT molecular complexity index is 854. The zero-order valence-electron chi connectivity index (χ0n) is 14.3. The highest BCUT2D eigenvalue weighted by Gasteiger charge is 2.18. The molecule has 2 aromatic carbocycles. The van der Waals surface area contributed by atoms with Gasteiger partial charge in [-0.05, 0) is 50.6 Å². The Morgan fingerprint density at radius 3 is 2.67 bits per heavy atom. The Balaban J connectivity index is 0.00000208. The van der Waals surface area contributed by atoms with Crippen LogP contribution in [0.25, 0.3) is 11.0 Å². The lowest BCUT2D eigenvalue weighted by atomic mass is 10.2. The van der Waals surface area contributed by atoms with E-state index in [1.54, 1.807) is 0 Å². The summed E-state index contributed by atoms with van der Waals surface area (Å²) < 4.78 is 8.31. The minimum Gasteiger partial charge on any atom is -0.483 e. The standard InChI is InChI=1S/C20H22N2O.ClH/c1-14(2)13-22-19-11-6-5-10-18(19)21-20(22)16(4)23-17-9-7-8-15(3)12-17;/h5-12,16H,1,13H2,2-4H3;1H. The van der Waals surface area contributed by atoms with Gasteiger partial charge >= 0.3 is 0 Å². The van der Waals surface area contributed by atoms with Crippen molar-refractivity contribution >= 4 is 23.4 Å². The molecule has 0 saturated heterocycles. The highest BCUT2D eigenvalue weighted by Crippen LogP contribution is 2.26. The van der Waals surface area contributed by atoms with Gasteiger partial charge in [0.1, 0.15) is 5.75 Å². The average Bonchev–Trinajstić information content (AvgIpc) is 2.86. The van der Waals surface area contributed by atoms with Crippen LogP contribution >= 0.6 is 12.4 Å². The zero-order chi connectivity index (χ0) is 16.4. The van der Waals surface area contributed by atoms with Gasteiger partial charge in [-0.15, -0.1) is 12.4 Å². The molecular weight excluding hydrogens is 320 g/mol. The van der Waals surface area contributed by atoms with Crippen molar-refractivity contribution < 1.29 is 4.74 Å². The van der Waals surface area contributed by atoms with Gasteiger partial charge in [0.05, 0.1) is 11.0 Å². The normalized spacial score (nSPS) is 11.8. The molecule has 0 amide bonds. The summed E-state index contributed by atoms with van der Waals surface area (Å²) in [6.45, 7) is 10.9. The number of hydrogen-bond acceptors (Lipinski definition) is 2. The average molecular weight is 343 g/mol. The van der Waals surface area contributed by atoms with Crippen LogP contribution in [0.5, 0.6) is 5.75 Å². The summed E-state index contributed by atoms with van der Waals surface area (Å²) in [6.07, 6.45) is -0.136. The Morgan fingerprint density at radius 1 is 1.21 bits per heavy atom. The van der Waals surface area contributed by atoms with Crippen LogP contribution in [0.15, 0.2) is 60.7 Å². The van der Waals surface area contributed by atoms with E-state index in [0.717, 1.165) is 34.7 Å². The molecule has 0 N–H and O–H groups in total.